The van der Waals surface area contributed by atoms with Gasteiger partial charge in [-0.05, 0) is 51.1 Å². The van der Waals surface area contributed by atoms with Crippen molar-refractivity contribution in [3.8, 4) is 0 Å². The normalized spacial score (nSPS) is 17.1. The summed E-state index contributed by atoms with van der Waals surface area (Å²) in [6.07, 6.45) is 2.08. The first kappa shape index (κ1) is 19.6. The van der Waals surface area contributed by atoms with Crippen LogP contribution in [0.2, 0.25) is 0 Å². The van der Waals surface area contributed by atoms with Crippen LogP contribution in [-0.4, -0.2) is 60.0 Å². The van der Waals surface area contributed by atoms with Crippen molar-refractivity contribution in [1.82, 2.24) is 19.7 Å². The van der Waals surface area contributed by atoms with Crippen molar-refractivity contribution in [2.45, 2.75) is 26.8 Å². The highest BCUT2D eigenvalue weighted by atomic mass is 16.1. The molecule has 0 spiro atoms. The molecule has 1 unspecified atom stereocenters. The highest BCUT2D eigenvalue weighted by Gasteiger charge is 2.26. The molecule has 3 rings (SSSR count). The summed E-state index contributed by atoms with van der Waals surface area (Å²) in [5.41, 5.74) is 5.34. The molecule has 1 aliphatic heterocycles. The van der Waals surface area contributed by atoms with Crippen LogP contribution in [-0.2, 0) is 7.05 Å². The lowest BCUT2D eigenvalue weighted by atomic mass is 9.99. The fourth-order valence-electron chi connectivity index (χ4n) is 4.19. The molecule has 1 atom stereocenters. The lowest BCUT2D eigenvalue weighted by Crippen LogP contribution is -2.49. The number of aryl methyl sites for hydroxylation is 4. The number of aromatic nitrogens is 1. The van der Waals surface area contributed by atoms with Crippen LogP contribution in [0.5, 0.6) is 0 Å². The molecular weight excluding hydrogens is 336 g/mol. The fraction of sp³-hybridized carbons (Fsp3) is 0.500. The first-order valence-electron chi connectivity index (χ1n) is 9.76. The highest BCUT2D eigenvalue weighted by Crippen LogP contribution is 2.22. The Kier molecular flexibility index (Phi) is 6.02. The van der Waals surface area contributed by atoms with Gasteiger partial charge in [-0.25, -0.2) is 0 Å². The van der Waals surface area contributed by atoms with Gasteiger partial charge in [0.15, 0.2) is 0 Å². The van der Waals surface area contributed by atoms with E-state index in [0.29, 0.717) is 6.54 Å². The summed E-state index contributed by atoms with van der Waals surface area (Å²) < 4.78 is 2.16. The second-order valence-electron chi connectivity index (χ2n) is 7.88. The van der Waals surface area contributed by atoms with Crippen LogP contribution in [0.1, 0.15) is 38.8 Å². The van der Waals surface area contributed by atoms with E-state index in [2.05, 4.69) is 71.2 Å². The van der Waals surface area contributed by atoms with Gasteiger partial charge in [0.05, 0.1) is 6.04 Å². The maximum Gasteiger partial charge on any atom is 0.251 e. The molecule has 1 amide bonds. The maximum atomic E-state index is 12.9. The summed E-state index contributed by atoms with van der Waals surface area (Å²) in [7, 11) is 4.24. The number of hydrogen-bond donors (Lipinski definition) is 1. The minimum atomic E-state index is 0.0262. The van der Waals surface area contributed by atoms with E-state index in [1.165, 1.54) is 11.3 Å². The van der Waals surface area contributed by atoms with Crippen molar-refractivity contribution in [1.29, 1.82) is 0 Å². The summed E-state index contributed by atoms with van der Waals surface area (Å²) in [6, 6.07) is 8.59. The molecule has 1 aliphatic rings. The lowest BCUT2D eigenvalue weighted by molar-refractivity contribution is 0.0876. The number of nitrogens with zero attached hydrogens (tertiary/aromatic N) is 3. The topological polar surface area (TPSA) is 40.5 Å². The van der Waals surface area contributed by atoms with Gasteiger partial charge in [-0.2, -0.15) is 0 Å². The molecule has 1 aromatic carbocycles. The van der Waals surface area contributed by atoms with E-state index in [0.717, 1.165) is 42.9 Å². The molecule has 146 valence electrons. The van der Waals surface area contributed by atoms with Gasteiger partial charge in [0.2, 0.25) is 0 Å². The second-order valence-corrected chi connectivity index (χ2v) is 7.88. The Morgan fingerprint density at radius 3 is 2.26 bits per heavy atom. The van der Waals surface area contributed by atoms with Crippen LogP contribution < -0.4 is 5.32 Å². The predicted molar refractivity (Wildman–Crippen MR) is 110 cm³/mol. The second kappa shape index (κ2) is 8.28. The number of piperazine rings is 1. The molecule has 0 bridgehead atoms. The van der Waals surface area contributed by atoms with Crippen LogP contribution in [0, 0.1) is 20.8 Å². The van der Waals surface area contributed by atoms with Gasteiger partial charge in [-0.1, -0.05) is 17.7 Å². The standard InChI is InChI=1S/C22H32N4O/c1-16-13-17(2)21(18(3)14-16)22(27)23-15-20(19-7-6-8-25(19)5)26-11-9-24(4)10-12-26/h6-8,13-14,20H,9-12,15H2,1-5H3,(H,23,27). The van der Waals surface area contributed by atoms with Crippen LogP contribution in [0.3, 0.4) is 0 Å². The number of carbonyl (C=O) groups excluding carboxylic acids is 1. The Bertz CT molecular complexity index is 779. The largest absolute Gasteiger partial charge is 0.353 e. The third-order valence-corrected chi connectivity index (χ3v) is 5.66. The van der Waals surface area contributed by atoms with Gasteiger partial charge in [0, 0.05) is 57.2 Å². The first-order valence-corrected chi connectivity index (χ1v) is 9.76. The molecule has 27 heavy (non-hydrogen) atoms. The minimum absolute atomic E-state index is 0.0262. The molecule has 1 aromatic heterocycles. The SMILES string of the molecule is Cc1cc(C)c(C(=O)NCC(c2cccn2C)N2CCN(C)CC2)c(C)c1. The minimum Gasteiger partial charge on any atom is -0.353 e. The zero-order chi connectivity index (χ0) is 19.6. The predicted octanol–water partition coefficient (Wildman–Crippen LogP) is 2.67. The molecule has 2 aromatic rings. The number of likely N-dealkylation sites (N-methyl/N-ethyl adjacent to an activating group) is 1. The highest BCUT2D eigenvalue weighted by molar-refractivity contribution is 5.97. The smallest absolute Gasteiger partial charge is 0.251 e. The molecule has 2 heterocycles. The maximum absolute atomic E-state index is 12.9. The van der Waals surface area contributed by atoms with Crippen molar-refractivity contribution >= 4 is 5.91 Å². The summed E-state index contributed by atoms with van der Waals surface area (Å²) in [4.78, 5) is 17.8. The van der Waals surface area contributed by atoms with Gasteiger partial charge < -0.3 is 14.8 Å². The number of carbonyl (C=O) groups is 1. The molecule has 1 N–H and O–H groups in total. The Labute approximate surface area is 163 Å². The van der Waals surface area contributed by atoms with E-state index >= 15 is 0 Å². The molecular formula is C22H32N4O. The average Bonchev–Trinajstić information content (AvgIpc) is 3.01. The molecule has 1 fully saturated rings. The third-order valence-electron chi connectivity index (χ3n) is 5.66. The number of nitrogens with one attached hydrogen (secondary N) is 1. The van der Waals surface area contributed by atoms with E-state index in [9.17, 15) is 4.79 Å². The van der Waals surface area contributed by atoms with Crippen LogP contribution in [0.25, 0.3) is 0 Å². The van der Waals surface area contributed by atoms with Gasteiger partial charge in [-0.15, -0.1) is 0 Å². The summed E-state index contributed by atoms with van der Waals surface area (Å²) in [5.74, 6) is 0.0262. The van der Waals surface area contributed by atoms with Crippen LogP contribution in [0.4, 0.5) is 0 Å². The molecule has 0 aliphatic carbocycles. The quantitative estimate of drug-likeness (QED) is 0.882. The summed E-state index contributed by atoms with van der Waals surface area (Å²) in [6.45, 7) is 10.9. The van der Waals surface area contributed by atoms with Crippen molar-refractivity contribution in [2.75, 3.05) is 39.8 Å². The molecule has 5 heteroatoms. The summed E-state index contributed by atoms with van der Waals surface area (Å²) >= 11 is 0. The average molecular weight is 369 g/mol. The van der Waals surface area contributed by atoms with Crippen molar-refractivity contribution in [2.24, 2.45) is 7.05 Å². The lowest BCUT2D eigenvalue weighted by Gasteiger charge is -2.38. The van der Waals surface area contributed by atoms with Gasteiger partial charge >= 0.3 is 0 Å². The molecule has 1 saturated heterocycles. The third kappa shape index (κ3) is 4.42. The number of benzene rings is 1. The van der Waals surface area contributed by atoms with Crippen molar-refractivity contribution < 1.29 is 4.79 Å². The monoisotopic (exact) mass is 368 g/mol. The van der Waals surface area contributed by atoms with Gasteiger partial charge in [0.1, 0.15) is 0 Å². The van der Waals surface area contributed by atoms with Crippen LogP contribution in [0.15, 0.2) is 30.5 Å². The zero-order valence-electron chi connectivity index (χ0n) is 17.2. The number of hydrogen-bond acceptors (Lipinski definition) is 3. The van der Waals surface area contributed by atoms with E-state index in [4.69, 9.17) is 0 Å². The fourth-order valence-corrected chi connectivity index (χ4v) is 4.19. The van der Waals surface area contributed by atoms with E-state index in [1.807, 2.05) is 13.8 Å². The molecule has 0 radical (unpaired) electrons. The zero-order valence-corrected chi connectivity index (χ0v) is 17.2. The van der Waals surface area contributed by atoms with Crippen molar-refractivity contribution in [3.05, 3.63) is 58.4 Å². The number of rotatable bonds is 5. The number of amides is 1. The Balaban J connectivity index is 1.77. The first-order chi connectivity index (χ1) is 12.9. The molecule has 0 saturated carbocycles. The Morgan fingerprint density at radius 1 is 1.07 bits per heavy atom. The Morgan fingerprint density at radius 2 is 1.70 bits per heavy atom. The van der Waals surface area contributed by atoms with E-state index < -0.39 is 0 Å². The Hall–Kier alpha value is -2.11. The van der Waals surface area contributed by atoms with Crippen LogP contribution >= 0.6 is 0 Å². The van der Waals surface area contributed by atoms with Crippen molar-refractivity contribution in [3.63, 3.8) is 0 Å². The van der Waals surface area contributed by atoms with Gasteiger partial charge in [0.25, 0.3) is 5.91 Å². The van der Waals surface area contributed by atoms with Gasteiger partial charge in [-0.3, -0.25) is 9.69 Å². The summed E-state index contributed by atoms with van der Waals surface area (Å²) in [5, 5.41) is 3.22. The van der Waals surface area contributed by atoms with E-state index in [1.54, 1.807) is 0 Å². The van der Waals surface area contributed by atoms with E-state index in [-0.39, 0.29) is 11.9 Å². The molecule has 5 nitrogen and oxygen atoms in total.